The van der Waals surface area contributed by atoms with Gasteiger partial charge in [0.15, 0.2) is 0 Å². The number of methoxy groups -OCH3 is 1. The number of rotatable bonds is 5. The van der Waals surface area contributed by atoms with Crippen LogP contribution in [0.5, 0.6) is 0 Å². The average molecular weight is 191 g/mol. The van der Waals surface area contributed by atoms with Gasteiger partial charge in [0.1, 0.15) is 5.54 Å². The van der Waals surface area contributed by atoms with Gasteiger partial charge in [0, 0.05) is 5.75 Å². The number of carbonyl (C=O) groups is 1. The van der Waals surface area contributed by atoms with E-state index < -0.39 is 5.54 Å². The topological polar surface area (TPSA) is 38.3 Å². The number of hydrogen-bond donors (Lipinski definition) is 1. The monoisotopic (exact) mass is 191 g/mol. The molecule has 0 aromatic rings. The standard InChI is InChI=1S/C8H17NO2S/c1-5-9-8(2,6-12-4)7(10)11-3/h9H,5-6H2,1-4H3. The Bertz CT molecular complexity index is 144. The predicted octanol–water partition coefficient (Wildman–Crippen LogP) is 0.891. The van der Waals surface area contributed by atoms with Crippen molar-refractivity contribution in [3.8, 4) is 0 Å². The van der Waals surface area contributed by atoms with Gasteiger partial charge in [-0.2, -0.15) is 11.8 Å². The van der Waals surface area contributed by atoms with Crippen LogP contribution in [0.2, 0.25) is 0 Å². The van der Waals surface area contributed by atoms with Gasteiger partial charge in [-0.3, -0.25) is 4.79 Å². The molecule has 1 unspecified atom stereocenters. The lowest BCUT2D eigenvalue weighted by molar-refractivity contribution is -0.146. The zero-order chi connectivity index (χ0) is 9.61. The molecule has 0 aromatic carbocycles. The van der Waals surface area contributed by atoms with Crippen LogP contribution in [0.25, 0.3) is 0 Å². The molecule has 0 saturated carbocycles. The van der Waals surface area contributed by atoms with Crippen LogP contribution in [0.3, 0.4) is 0 Å². The zero-order valence-corrected chi connectivity index (χ0v) is 8.96. The van der Waals surface area contributed by atoms with Crippen LogP contribution in [-0.4, -0.2) is 37.2 Å². The van der Waals surface area contributed by atoms with E-state index in [0.717, 1.165) is 12.3 Å². The third-order valence-electron chi connectivity index (χ3n) is 1.64. The second kappa shape index (κ2) is 5.43. The fourth-order valence-electron chi connectivity index (χ4n) is 1.09. The van der Waals surface area contributed by atoms with Crippen LogP contribution < -0.4 is 5.32 Å². The van der Waals surface area contributed by atoms with E-state index in [4.69, 9.17) is 4.74 Å². The van der Waals surface area contributed by atoms with E-state index in [1.54, 1.807) is 11.8 Å². The zero-order valence-electron chi connectivity index (χ0n) is 8.14. The summed E-state index contributed by atoms with van der Waals surface area (Å²) < 4.78 is 4.71. The summed E-state index contributed by atoms with van der Waals surface area (Å²) in [5, 5.41) is 3.12. The van der Waals surface area contributed by atoms with Crippen LogP contribution in [0.15, 0.2) is 0 Å². The van der Waals surface area contributed by atoms with Crippen molar-refractivity contribution >= 4 is 17.7 Å². The minimum absolute atomic E-state index is 0.196. The molecule has 1 N–H and O–H groups in total. The third-order valence-corrected chi connectivity index (χ3v) is 2.50. The van der Waals surface area contributed by atoms with Crippen molar-refractivity contribution in [2.45, 2.75) is 19.4 Å². The first-order valence-corrected chi connectivity index (χ1v) is 5.32. The molecule has 0 radical (unpaired) electrons. The SMILES string of the molecule is CCNC(C)(CSC)C(=O)OC. The average Bonchev–Trinajstić information content (AvgIpc) is 2.04. The van der Waals surface area contributed by atoms with Gasteiger partial charge in [-0.25, -0.2) is 0 Å². The Labute approximate surface area is 78.2 Å². The summed E-state index contributed by atoms with van der Waals surface area (Å²) >= 11 is 1.63. The van der Waals surface area contributed by atoms with Crippen LogP contribution in [0.4, 0.5) is 0 Å². The number of hydrogen-bond acceptors (Lipinski definition) is 4. The summed E-state index contributed by atoms with van der Waals surface area (Å²) in [5.74, 6) is 0.534. The quantitative estimate of drug-likeness (QED) is 0.655. The van der Waals surface area contributed by atoms with E-state index in [9.17, 15) is 4.79 Å². The normalized spacial score (nSPS) is 15.3. The lowest BCUT2D eigenvalue weighted by Crippen LogP contribution is -2.52. The molecule has 0 saturated heterocycles. The Kier molecular flexibility index (Phi) is 5.33. The van der Waals surface area contributed by atoms with E-state index in [-0.39, 0.29) is 5.97 Å². The van der Waals surface area contributed by atoms with Gasteiger partial charge >= 0.3 is 5.97 Å². The fraction of sp³-hybridized carbons (Fsp3) is 0.875. The second-order valence-electron chi connectivity index (χ2n) is 2.79. The molecule has 3 nitrogen and oxygen atoms in total. The van der Waals surface area contributed by atoms with Crippen LogP contribution in [-0.2, 0) is 9.53 Å². The number of esters is 1. The van der Waals surface area contributed by atoms with E-state index in [2.05, 4.69) is 5.32 Å². The van der Waals surface area contributed by atoms with Gasteiger partial charge in [-0.05, 0) is 19.7 Å². The van der Waals surface area contributed by atoms with Crippen molar-refractivity contribution in [2.75, 3.05) is 25.7 Å². The first-order valence-electron chi connectivity index (χ1n) is 3.93. The second-order valence-corrected chi connectivity index (χ2v) is 3.65. The smallest absolute Gasteiger partial charge is 0.326 e. The number of carbonyl (C=O) groups excluding carboxylic acids is 1. The van der Waals surface area contributed by atoms with Crippen LogP contribution in [0, 0.1) is 0 Å². The van der Waals surface area contributed by atoms with Gasteiger partial charge < -0.3 is 10.1 Å². The first-order chi connectivity index (χ1) is 5.60. The lowest BCUT2D eigenvalue weighted by atomic mass is 10.1. The van der Waals surface area contributed by atoms with E-state index in [1.807, 2.05) is 20.1 Å². The van der Waals surface area contributed by atoms with E-state index >= 15 is 0 Å². The molecular formula is C8H17NO2S. The lowest BCUT2D eigenvalue weighted by Gasteiger charge is -2.26. The maximum atomic E-state index is 11.3. The van der Waals surface area contributed by atoms with Gasteiger partial charge in [0.05, 0.1) is 7.11 Å². The van der Waals surface area contributed by atoms with Gasteiger partial charge in [0.25, 0.3) is 0 Å². The van der Waals surface area contributed by atoms with Crippen molar-refractivity contribution in [2.24, 2.45) is 0 Å². The molecule has 12 heavy (non-hydrogen) atoms. The van der Waals surface area contributed by atoms with Crippen molar-refractivity contribution < 1.29 is 9.53 Å². The molecule has 0 rings (SSSR count). The summed E-state index contributed by atoms with van der Waals surface area (Å²) in [5.41, 5.74) is -0.539. The molecule has 0 aliphatic carbocycles. The third kappa shape index (κ3) is 3.03. The van der Waals surface area contributed by atoms with Crippen LogP contribution in [0.1, 0.15) is 13.8 Å². The van der Waals surface area contributed by atoms with Crippen molar-refractivity contribution in [3.63, 3.8) is 0 Å². The molecular weight excluding hydrogens is 174 g/mol. The number of ether oxygens (including phenoxy) is 1. The van der Waals surface area contributed by atoms with Crippen LogP contribution >= 0.6 is 11.8 Å². The summed E-state index contributed by atoms with van der Waals surface area (Å²) in [6.07, 6.45) is 1.97. The molecule has 72 valence electrons. The van der Waals surface area contributed by atoms with Crippen molar-refractivity contribution in [1.82, 2.24) is 5.32 Å². The molecule has 4 heteroatoms. The fourth-order valence-corrected chi connectivity index (χ4v) is 1.88. The summed E-state index contributed by atoms with van der Waals surface area (Å²) in [7, 11) is 1.41. The largest absolute Gasteiger partial charge is 0.468 e. The molecule has 0 spiro atoms. The molecule has 0 aromatic heterocycles. The van der Waals surface area contributed by atoms with Gasteiger partial charge in [-0.15, -0.1) is 0 Å². The predicted molar refractivity (Wildman–Crippen MR) is 52.5 cm³/mol. The first kappa shape index (κ1) is 11.8. The van der Waals surface area contributed by atoms with Gasteiger partial charge in [-0.1, -0.05) is 6.92 Å². The van der Waals surface area contributed by atoms with Gasteiger partial charge in [0.2, 0.25) is 0 Å². The van der Waals surface area contributed by atoms with Crippen molar-refractivity contribution in [3.05, 3.63) is 0 Å². The Morgan fingerprint density at radius 2 is 2.25 bits per heavy atom. The number of nitrogens with one attached hydrogen (secondary N) is 1. The summed E-state index contributed by atoms with van der Waals surface area (Å²) in [6.45, 7) is 4.60. The summed E-state index contributed by atoms with van der Waals surface area (Å²) in [4.78, 5) is 11.3. The highest BCUT2D eigenvalue weighted by atomic mass is 32.2. The molecule has 0 bridgehead atoms. The highest BCUT2D eigenvalue weighted by molar-refractivity contribution is 7.98. The highest BCUT2D eigenvalue weighted by Gasteiger charge is 2.32. The Balaban J connectivity index is 4.26. The summed E-state index contributed by atoms with van der Waals surface area (Å²) in [6, 6.07) is 0. The minimum Gasteiger partial charge on any atom is -0.468 e. The maximum Gasteiger partial charge on any atom is 0.326 e. The number of thioether (sulfide) groups is 1. The molecule has 1 atom stereocenters. The van der Waals surface area contributed by atoms with E-state index in [1.165, 1.54) is 7.11 Å². The molecule has 0 aliphatic heterocycles. The Morgan fingerprint density at radius 1 is 1.67 bits per heavy atom. The van der Waals surface area contributed by atoms with Crippen molar-refractivity contribution in [1.29, 1.82) is 0 Å². The Hall–Kier alpha value is -0.220. The number of likely N-dealkylation sites (N-methyl/N-ethyl adjacent to an activating group) is 1. The Morgan fingerprint density at radius 3 is 2.58 bits per heavy atom. The molecule has 0 fully saturated rings. The maximum absolute atomic E-state index is 11.3. The highest BCUT2D eigenvalue weighted by Crippen LogP contribution is 2.12. The van der Waals surface area contributed by atoms with E-state index in [0.29, 0.717) is 0 Å². The molecule has 0 amide bonds. The molecule has 0 aliphatic rings. The molecule has 0 heterocycles. The minimum atomic E-state index is -0.539.